The average molecular weight is 384 g/mol. The van der Waals surface area contributed by atoms with E-state index in [1.165, 1.54) is 22.5 Å². The lowest BCUT2D eigenvalue weighted by Gasteiger charge is -2.13. The minimum Gasteiger partial charge on any atom is -0.300 e. The molecule has 1 heterocycles. The molecule has 1 aromatic heterocycles. The summed E-state index contributed by atoms with van der Waals surface area (Å²) in [5.41, 5.74) is 3.52. The number of aryl methyl sites for hydroxylation is 1. The van der Waals surface area contributed by atoms with Gasteiger partial charge in [-0.05, 0) is 24.5 Å². The van der Waals surface area contributed by atoms with Crippen LogP contribution < -0.4 is 5.32 Å². The topological polar surface area (TPSA) is 54.9 Å². The molecule has 1 atom stereocenters. The van der Waals surface area contributed by atoms with Gasteiger partial charge in [-0.15, -0.1) is 10.2 Å². The lowest BCUT2D eigenvalue weighted by atomic mass is 9.96. The van der Waals surface area contributed by atoms with Crippen molar-refractivity contribution in [2.24, 2.45) is 0 Å². The third-order valence-corrected chi connectivity index (χ3v) is 6.09. The number of nitrogens with one attached hydrogen (secondary N) is 1. The van der Waals surface area contributed by atoms with Gasteiger partial charge >= 0.3 is 0 Å². The lowest BCUT2D eigenvalue weighted by molar-refractivity contribution is -0.117. The minimum atomic E-state index is -0.177. The summed E-state index contributed by atoms with van der Waals surface area (Å²) < 4.78 is 0.855. The largest absolute Gasteiger partial charge is 0.300 e. The van der Waals surface area contributed by atoms with Crippen molar-refractivity contribution >= 4 is 34.1 Å². The van der Waals surface area contributed by atoms with Gasteiger partial charge in [-0.25, -0.2) is 0 Å². The molecule has 1 N–H and O–H groups in total. The number of hydrogen-bond donors (Lipinski definition) is 1. The summed E-state index contributed by atoms with van der Waals surface area (Å²) in [5, 5.41) is 11.7. The van der Waals surface area contributed by atoms with E-state index in [9.17, 15) is 4.79 Å². The van der Waals surface area contributed by atoms with Gasteiger partial charge in [0, 0.05) is 5.75 Å². The van der Waals surface area contributed by atoms with Crippen LogP contribution in [0.25, 0.3) is 0 Å². The van der Waals surface area contributed by atoms with Gasteiger partial charge in [-0.2, -0.15) is 0 Å². The van der Waals surface area contributed by atoms with Gasteiger partial charge in [0.15, 0.2) is 4.34 Å². The minimum absolute atomic E-state index is 0.0371. The Bertz CT molecular complexity index is 847. The zero-order valence-electron chi connectivity index (χ0n) is 14.8. The molecule has 2 aromatic carbocycles. The molecule has 26 heavy (non-hydrogen) atoms. The fourth-order valence-electron chi connectivity index (χ4n) is 2.60. The summed E-state index contributed by atoms with van der Waals surface area (Å²) in [7, 11) is 0. The van der Waals surface area contributed by atoms with Crippen LogP contribution in [0.15, 0.2) is 58.9 Å². The number of amides is 1. The van der Waals surface area contributed by atoms with E-state index in [0.717, 1.165) is 22.1 Å². The fraction of sp³-hybridized carbons (Fsp3) is 0.250. The van der Waals surface area contributed by atoms with Crippen LogP contribution in [0.4, 0.5) is 5.13 Å². The summed E-state index contributed by atoms with van der Waals surface area (Å²) in [6, 6.07) is 18.3. The van der Waals surface area contributed by atoms with E-state index in [-0.39, 0.29) is 11.8 Å². The molecule has 0 aliphatic rings. The van der Waals surface area contributed by atoms with Gasteiger partial charge in [0.1, 0.15) is 0 Å². The molecule has 6 heteroatoms. The molecule has 3 rings (SSSR count). The van der Waals surface area contributed by atoms with Gasteiger partial charge in [0.2, 0.25) is 11.0 Å². The molecule has 1 amide bonds. The number of carbonyl (C=O) groups is 1. The Balaban J connectivity index is 1.59. The zero-order chi connectivity index (χ0) is 18.4. The Hall–Kier alpha value is -2.18. The molecule has 0 fully saturated rings. The van der Waals surface area contributed by atoms with Crippen molar-refractivity contribution in [1.29, 1.82) is 0 Å². The van der Waals surface area contributed by atoms with Crippen LogP contribution in [0.2, 0.25) is 0 Å². The molecule has 3 aromatic rings. The number of benzene rings is 2. The van der Waals surface area contributed by atoms with E-state index >= 15 is 0 Å². The predicted molar refractivity (Wildman–Crippen MR) is 109 cm³/mol. The summed E-state index contributed by atoms with van der Waals surface area (Å²) in [6.45, 7) is 4.09. The van der Waals surface area contributed by atoms with Crippen LogP contribution in [-0.4, -0.2) is 16.1 Å². The highest BCUT2D eigenvalue weighted by atomic mass is 32.2. The highest BCUT2D eigenvalue weighted by Gasteiger charge is 2.20. The Morgan fingerprint density at radius 2 is 1.85 bits per heavy atom. The summed E-state index contributed by atoms with van der Waals surface area (Å²) in [6.07, 6.45) is 0.740. The molecule has 0 bridgehead atoms. The van der Waals surface area contributed by atoms with E-state index in [1.807, 2.05) is 37.3 Å². The Morgan fingerprint density at radius 3 is 2.54 bits per heavy atom. The van der Waals surface area contributed by atoms with Crippen molar-refractivity contribution in [3.8, 4) is 0 Å². The Kier molecular flexibility index (Phi) is 6.41. The molecule has 0 saturated carbocycles. The maximum atomic E-state index is 12.6. The molecular formula is C20H21N3OS2. The highest BCUT2D eigenvalue weighted by molar-refractivity contribution is 8.00. The van der Waals surface area contributed by atoms with Gasteiger partial charge < -0.3 is 0 Å². The Morgan fingerprint density at radius 1 is 1.12 bits per heavy atom. The summed E-state index contributed by atoms with van der Waals surface area (Å²) in [5.74, 6) is 0.624. The zero-order valence-corrected chi connectivity index (χ0v) is 16.4. The van der Waals surface area contributed by atoms with E-state index in [4.69, 9.17) is 0 Å². The second kappa shape index (κ2) is 8.96. The van der Waals surface area contributed by atoms with E-state index < -0.39 is 0 Å². The number of nitrogens with zero attached hydrogens (tertiary/aromatic N) is 2. The number of rotatable bonds is 7. The van der Waals surface area contributed by atoms with Crippen LogP contribution >= 0.6 is 23.1 Å². The summed E-state index contributed by atoms with van der Waals surface area (Å²) in [4.78, 5) is 12.6. The molecular weight excluding hydrogens is 362 g/mol. The lowest BCUT2D eigenvalue weighted by Crippen LogP contribution is -2.20. The van der Waals surface area contributed by atoms with Crippen molar-refractivity contribution < 1.29 is 4.79 Å². The van der Waals surface area contributed by atoms with Crippen LogP contribution in [0.5, 0.6) is 0 Å². The molecule has 1 unspecified atom stereocenters. The normalized spacial score (nSPS) is 11.9. The monoisotopic (exact) mass is 383 g/mol. The second-order valence-electron chi connectivity index (χ2n) is 6.01. The number of anilines is 1. The third-order valence-electron chi connectivity index (χ3n) is 4.05. The van der Waals surface area contributed by atoms with Gasteiger partial charge in [0.25, 0.3) is 0 Å². The smallest absolute Gasteiger partial charge is 0.233 e. The molecule has 4 nitrogen and oxygen atoms in total. The molecule has 134 valence electrons. The third kappa shape index (κ3) is 4.93. The van der Waals surface area contributed by atoms with Gasteiger partial charge in [0.05, 0.1) is 5.92 Å². The van der Waals surface area contributed by atoms with Crippen molar-refractivity contribution in [2.45, 2.75) is 36.3 Å². The first kappa shape index (κ1) is 18.6. The van der Waals surface area contributed by atoms with Crippen LogP contribution in [-0.2, 0) is 10.5 Å². The van der Waals surface area contributed by atoms with Crippen molar-refractivity contribution in [3.63, 3.8) is 0 Å². The van der Waals surface area contributed by atoms with E-state index in [2.05, 4.69) is 46.7 Å². The van der Waals surface area contributed by atoms with E-state index in [0.29, 0.717) is 5.13 Å². The predicted octanol–water partition coefficient (Wildman–Crippen LogP) is 5.27. The maximum absolute atomic E-state index is 12.6. The quantitative estimate of drug-likeness (QED) is 0.446. The van der Waals surface area contributed by atoms with Crippen molar-refractivity contribution in [1.82, 2.24) is 10.2 Å². The van der Waals surface area contributed by atoms with Crippen LogP contribution in [0.1, 0.15) is 36.0 Å². The Labute approximate surface area is 162 Å². The van der Waals surface area contributed by atoms with Gasteiger partial charge in [-0.3, -0.25) is 10.1 Å². The first-order valence-corrected chi connectivity index (χ1v) is 10.3. The van der Waals surface area contributed by atoms with E-state index in [1.54, 1.807) is 11.8 Å². The fourth-order valence-corrected chi connectivity index (χ4v) is 4.31. The SMILES string of the molecule is CCC(C(=O)Nc1nnc(SCc2ccc(C)cc2)s1)c1ccccc1. The highest BCUT2D eigenvalue weighted by Crippen LogP contribution is 2.29. The van der Waals surface area contributed by atoms with Crippen molar-refractivity contribution in [2.75, 3.05) is 5.32 Å². The van der Waals surface area contributed by atoms with Crippen LogP contribution in [0.3, 0.4) is 0 Å². The van der Waals surface area contributed by atoms with Gasteiger partial charge in [-0.1, -0.05) is 90.2 Å². The standard InChI is InChI=1S/C20H21N3OS2/c1-3-17(16-7-5-4-6-8-16)18(24)21-19-22-23-20(26-19)25-13-15-11-9-14(2)10-12-15/h4-12,17H,3,13H2,1-2H3,(H,21,22,24). The van der Waals surface area contributed by atoms with Crippen molar-refractivity contribution in [3.05, 3.63) is 71.3 Å². The number of hydrogen-bond acceptors (Lipinski definition) is 5. The molecule has 0 aliphatic carbocycles. The first-order valence-electron chi connectivity index (χ1n) is 8.53. The molecule has 0 radical (unpaired) electrons. The first-order chi connectivity index (χ1) is 12.7. The molecule has 0 saturated heterocycles. The van der Waals surface area contributed by atoms with Crippen LogP contribution in [0, 0.1) is 6.92 Å². The molecule has 0 aliphatic heterocycles. The number of carbonyl (C=O) groups excluding carboxylic acids is 1. The average Bonchev–Trinajstić information content (AvgIpc) is 3.10. The summed E-state index contributed by atoms with van der Waals surface area (Å²) >= 11 is 3.05. The second-order valence-corrected chi connectivity index (χ2v) is 8.21. The maximum Gasteiger partial charge on any atom is 0.233 e. The number of thioether (sulfide) groups is 1. The molecule has 0 spiro atoms. The number of aromatic nitrogens is 2.